The Morgan fingerprint density at radius 3 is 2.87 bits per heavy atom. The van der Waals surface area contributed by atoms with Crippen molar-refractivity contribution in [3.05, 3.63) is 58.4 Å². The van der Waals surface area contributed by atoms with Gasteiger partial charge in [-0.15, -0.1) is 0 Å². The molecular formula is C15H16ClFN4O2. The predicted molar refractivity (Wildman–Crippen MR) is 83.4 cm³/mol. The van der Waals surface area contributed by atoms with E-state index in [0.717, 1.165) is 0 Å². The first-order valence-corrected chi connectivity index (χ1v) is 7.26. The van der Waals surface area contributed by atoms with Crippen molar-refractivity contribution in [3.8, 4) is 0 Å². The summed E-state index contributed by atoms with van der Waals surface area (Å²) >= 11 is 5.62. The molecule has 0 saturated heterocycles. The lowest BCUT2D eigenvalue weighted by Gasteiger charge is -2.17. The van der Waals surface area contributed by atoms with Crippen molar-refractivity contribution in [2.45, 2.75) is 19.5 Å². The van der Waals surface area contributed by atoms with Crippen LogP contribution >= 0.6 is 11.6 Å². The number of benzene rings is 1. The summed E-state index contributed by atoms with van der Waals surface area (Å²) in [7, 11) is 0. The van der Waals surface area contributed by atoms with Crippen molar-refractivity contribution in [2.75, 3.05) is 6.61 Å². The van der Waals surface area contributed by atoms with Crippen LogP contribution in [-0.4, -0.2) is 27.7 Å². The van der Waals surface area contributed by atoms with Gasteiger partial charge in [0.15, 0.2) is 0 Å². The third kappa shape index (κ3) is 4.87. The van der Waals surface area contributed by atoms with Crippen LogP contribution in [0.5, 0.6) is 0 Å². The Kier molecular flexibility index (Phi) is 5.84. The van der Waals surface area contributed by atoms with E-state index in [1.807, 2.05) is 0 Å². The SMILES string of the molecule is Cc1nccc(CNC(=O)NC(CO)c2ccc(Cl)c(F)c2)n1. The number of aliphatic hydroxyl groups excluding tert-OH is 1. The summed E-state index contributed by atoms with van der Waals surface area (Å²) in [5.74, 6) is -0.00383. The molecule has 2 amide bonds. The molecule has 1 aromatic heterocycles. The Morgan fingerprint density at radius 2 is 2.22 bits per heavy atom. The Bertz CT molecular complexity index is 699. The highest BCUT2D eigenvalue weighted by molar-refractivity contribution is 6.30. The van der Waals surface area contributed by atoms with Crippen LogP contribution in [0.3, 0.4) is 0 Å². The molecular weight excluding hydrogens is 323 g/mol. The minimum Gasteiger partial charge on any atom is -0.394 e. The van der Waals surface area contributed by atoms with E-state index in [-0.39, 0.29) is 18.2 Å². The van der Waals surface area contributed by atoms with Crippen molar-refractivity contribution < 1.29 is 14.3 Å². The number of nitrogens with one attached hydrogen (secondary N) is 2. The lowest BCUT2D eigenvalue weighted by Crippen LogP contribution is -2.39. The summed E-state index contributed by atoms with van der Waals surface area (Å²) in [5.41, 5.74) is 1.08. The normalized spacial score (nSPS) is 11.8. The average Bonchev–Trinajstić information content (AvgIpc) is 2.53. The summed E-state index contributed by atoms with van der Waals surface area (Å²) in [6, 6.07) is 4.53. The molecule has 1 heterocycles. The Balaban J connectivity index is 1.95. The summed E-state index contributed by atoms with van der Waals surface area (Å²) in [6.45, 7) is 1.59. The number of halogens is 2. The molecule has 0 aliphatic carbocycles. The fourth-order valence-electron chi connectivity index (χ4n) is 1.95. The first kappa shape index (κ1) is 17.1. The topological polar surface area (TPSA) is 87.1 Å². The van der Waals surface area contributed by atoms with Crippen molar-refractivity contribution in [1.29, 1.82) is 0 Å². The molecule has 0 radical (unpaired) electrons. The third-order valence-corrected chi connectivity index (χ3v) is 3.40. The molecule has 0 aliphatic rings. The number of nitrogens with zero attached hydrogens (tertiary/aromatic N) is 2. The van der Waals surface area contributed by atoms with Crippen molar-refractivity contribution in [2.24, 2.45) is 0 Å². The highest BCUT2D eigenvalue weighted by Crippen LogP contribution is 2.20. The molecule has 23 heavy (non-hydrogen) atoms. The molecule has 0 saturated carbocycles. The van der Waals surface area contributed by atoms with Gasteiger partial charge >= 0.3 is 6.03 Å². The second-order valence-electron chi connectivity index (χ2n) is 4.83. The number of hydrogen-bond acceptors (Lipinski definition) is 4. The smallest absolute Gasteiger partial charge is 0.315 e. The number of hydrogen-bond donors (Lipinski definition) is 3. The monoisotopic (exact) mass is 338 g/mol. The molecule has 0 spiro atoms. The Morgan fingerprint density at radius 1 is 1.43 bits per heavy atom. The molecule has 0 aliphatic heterocycles. The van der Waals surface area contributed by atoms with E-state index < -0.39 is 17.9 Å². The molecule has 1 unspecified atom stereocenters. The number of aliphatic hydroxyl groups is 1. The molecule has 2 rings (SSSR count). The molecule has 122 valence electrons. The number of amides is 2. The second kappa shape index (κ2) is 7.85. The quantitative estimate of drug-likeness (QED) is 0.779. The van der Waals surface area contributed by atoms with E-state index in [1.54, 1.807) is 25.3 Å². The fourth-order valence-corrected chi connectivity index (χ4v) is 2.06. The van der Waals surface area contributed by atoms with Crippen LogP contribution in [0.1, 0.15) is 23.1 Å². The number of aromatic nitrogens is 2. The second-order valence-corrected chi connectivity index (χ2v) is 5.24. The molecule has 6 nitrogen and oxygen atoms in total. The van der Waals surface area contributed by atoms with E-state index in [1.165, 1.54) is 12.1 Å². The van der Waals surface area contributed by atoms with Crippen LogP contribution in [0.4, 0.5) is 9.18 Å². The zero-order valence-electron chi connectivity index (χ0n) is 12.4. The number of aryl methyl sites for hydroxylation is 1. The van der Waals surface area contributed by atoms with Crippen LogP contribution in [0.25, 0.3) is 0 Å². The third-order valence-electron chi connectivity index (χ3n) is 3.10. The zero-order chi connectivity index (χ0) is 16.8. The maximum absolute atomic E-state index is 13.5. The van der Waals surface area contributed by atoms with E-state index in [9.17, 15) is 14.3 Å². The number of rotatable bonds is 5. The Labute approximate surface area is 137 Å². The zero-order valence-corrected chi connectivity index (χ0v) is 13.1. The lowest BCUT2D eigenvalue weighted by molar-refractivity contribution is 0.216. The highest BCUT2D eigenvalue weighted by atomic mass is 35.5. The van der Waals surface area contributed by atoms with E-state index in [4.69, 9.17) is 11.6 Å². The standard InChI is InChI=1S/C15H16ClFN4O2/c1-9-18-5-4-11(20-9)7-19-15(23)21-14(8-22)10-2-3-12(16)13(17)6-10/h2-6,14,22H,7-8H2,1H3,(H2,19,21,23). The van der Waals surface area contributed by atoms with Gasteiger partial charge in [0.05, 0.1) is 29.9 Å². The summed E-state index contributed by atoms with van der Waals surface area (Å²) in [4.78, 5) is 20.0. The molecule has 1 aromatic carbocycles. The average molecular weight is 339 g/mol. The molecule has 0 bridgehead atoms. The van der Waals surface area contributed by atoms with Gasteiger partial charge in [0.1, 0.15) is 11.6 Å². The van der Waals surface area contributed by atoms with Crippen LogP contribution < -0.4 is 10.6 Å². The number of carbonyl (C=O) groups is 1. The van der Waals surface area contributed by atoms with Gasteiger partial charge in [0, 0.05) is 6.20 Å². The van der Waals surface area contributed by atoms with E-state index in [0.29, 0.717) is 17.1 Å². The highest BCUT2D eigenvalue weighted by Gasteiger charge is 2.15. The van der Waals surface area contributed by atoms with Gasteiger partial charge < -0.3 is 15.7 Å². The predicted octanol–water partition coefficient (Wildman–Crippen LogP) is 2.11. The molecule has 1 atom stereocenters. The maximum atomic E-state index is 13.5. The largest absolute Gasteiger partial charge is 0.394 e. The van der Waals surface area contributed by atoms with Crippen molar-refractivity contribution in [1.82, 2.24) is 20.6 Å². The fraction of sp³-hybridized carbons (Fsp3) is 0.267. The summed E-state index contributed by atoms with van der Waals surface area (Å²) < 4.78 is 13.5. The lowest BCUT2D eigenvalue weighted by atomic mass is 10.1. The molecule has 2 aromatic rings. The maximum Gasteiger partial charge on any atom is 0.315 e. The van der Waals surface area contributed by atoms with Crippen molar-refractivity contribution in [3.63, 3.8) is 0 Å². The first-order valence-electron chi connectivity index (χ1n) is 6.88. The van der Waals surface area contributed by atoms with Crippen LogP contribution in [0.15, 0.2) is 30.5 Å². The number of carbonyl (C=O) groups excluding carboxylic acids is 1. The van der Waals surface area contributed by atoms with E-state index >= 15 is 0 Å². The van der Waals surface area contributed by atoms with Crippen LogP contribution in [0.2, 0.25) is 5.02 Å². The van der Waals surface area contributed by atoms with Gasteiger partial charge in [-0.3, -0.25) is 0 Å². The van der Waals surface area contributed by atoms with Gasteiger partial charge in [0.2, 0.25) is 0 Å². The van der Waals surface area contributed by atoms with E-state index in [2.05, 4.69) is 20.6 Å². The summed E-state index contributed by atoms with van der Waals surface area (Å²) in [6.07, 6.45) is 1.60. The molecule has 8 heteroatoms. The van der Waals surface area contributed by atoms with Gasteiger partial charge in [-0.25, -0.2) is 19.2 Å². The molecule has 3 N–H and O–H groups in total. The summed E-state index contributed by atoms with van der Waals surface area (Å²) in [5, 5.41) is 14.5. The minimum atomic E-state index is -0.742. The Hall–Kier alpha value is -2.25. The first-order chi connectivity index (χ1) is 11.0. The van der Waals surface area contributed by atoms with Crippen LogP contribution in [0, 0.1) is 12.7 Å². The van der Waals surface area contributed by atoms with Crippen molar-refractivity contribution >= 4 is 17.6 Å². The van der Waals surface area contributed by atoms with Gasteiger partial charge in [-0.1, -0.05) is 17.7 Å². The van der Waals surface area contributed by atoms with Gasteiger partial charge in [-0.05, 0) is 30.7 Å². The molecule has 0 fully saturated rings. The van der Waals surface area contributed by atoms with Crippen LogP contribution in [-0.2, 0) is 6.54 Å². The number of urea groups is 1. The van der Waals surface area contributed by atoms with Gasteiger partial charge in [0.25, 0.3) is 0 Å². The minimum absolute atomic E-state index is 0.0194. The van der Waals surface area contributed by atoms with Gasteiger partial charge in [-0.2, -0.15) is 0 Å².